The molecule has 1 atom stereocenters. The molecule has 0 amide bonds. The van der Waals surface area contributed by atoms with E-state index in [2.05, 4.69) is 11.8 Å². The minimum Gasteiger partial charge on any atom is -0.398 e. The fourth-order valence-electron chi connectivity index (χ4n) is 2.56. The van der Waals surface area contributed by atoms with Gasteiger partial charge in [0.2, 0.25) is 0 Å². The first-order valence-electron chi connectivity index (χ1n) is 6.34. The van der Waals surface area contributed by atoms with Gasteiger partial charge in [-0.25, -0.2) is 0 Å². The first kappa shape index (κ1) is 13.7. The number of rotatable bonds is 3. The third-order valence-electron chi connectivity index (χ3n) is 3.73. The number of halogens is 1. The molecule has 0 saturated carbocycles. The van der Waals surface area contributed by atoms with Gasteiger partial charge in [0.05, 0.1) is 5.60 Å². The Morgan fingerprint density at radius 3 is 2.94 bits per heavy atom. The molecule has 2 rings (SSSR count). The number of nitrogens with two attached hydrogens (primary N) is 1. The lowest BCUT2D eigenvalue weighted by Gasteiger charge is -2.39. The Balaban J connectivity index is 2.05. The number of ether oxygens (including phenoxy) is 1. The standard InChI is InChI=1S/C14H21ClN2O/c1-14(18-2)6-3-7-17(10-14)9-11-4-5-12(15)8-13(11)16/h4-5,8H,3,6-7,9-10,16H2,1-2H3. The summed E-state index contributed by atoms with van der Waals surface area (Å²) in [7, 11) is 1.79. The van der Waals surface area contributed by atoms with Crippen LogP contribution in [0.15, 0.2) is 18.2 Å². The number of methoxy groups -OCH3 is 1. The predicted molar refractivity (Wildman–Crippen MR) is 75.8 cm³/mol. The second-order valence-corrected chi connectivity index (χ2v) is 5.75. The molecule has 1 aromatic carbocycles. The molecular formula is C14H21ClN2O. The normalized spacial score (nSPS) is 25.3. The van der Waals surface area contributed by atoms with Crippen LogP contribution in [0.2, 0.25) is 5.02 Å². The van der Waals surface area contributed by atoms with E-state index < -0.39 is 0 Å². The monoisotopic (exact) mass is 268 g/mol. The minimum absolute atomic E-state index is 0.0283. The van der Waals surface area contributed by atoms with E-state index in [4.69, 9.17) is 22.1 Å². The van der Waals surface area contributed by atoms with Crippen LogP contribution in [0.1, 0.15) is 25.3 Å². The lowest BCUT2D eigenvalue weighted by molar-refractivity contribution is -0.0526. The van der Waals surface area contributed by atoms with Crippen LogP contribution in [-0.4, -0.2) is 30.7 Å². The number of anilines is 1. The number of hydrogen-bond donors (Lipinski definition) is 1. The van der Waals surface area contributed by atoms with E-state index in [0.29, 0.717) is 5.02 Å². The highest BCUT2D eigenvalue weighted by Gasteiger charge is 2.30. The highest BCUT2D eigenvalue weighted by molar-refractivity contribution is 6.30. The number of piperidine rings is 1. The number of nitrogens with zero attached hydrogens (tertiary/aromatic N) is 1. The van der Waals surface area contributed by atoms with Gasteiger partial charge in [0, 0.05) is 30.9 Å². The smallest absolute Gasteiger partial charge is 0.0777 e. The SMILES string of the molecule is COC1(C)CCCN(Cc2ccc(Cl)cc2N)C1. The Labute approximate surface area is 114 Å². The number of likely N-dealkylation sites (tertiary alicyclic amines) is 1. The van der Waals surface area contributed by atoms with Gasteiger partial charge < -0.3 is 10.5 Å². The number of benzene rings is 1. The van der Waals surface area contributed by atoms with E-state index in [-0.39, 0.29) is 5.60 Å². The van der Waals surface area contributed by atoms with Crippen molar-refractivity contribution in [2.75, 3.05) is 25.9 Å². The summed E-state index contributed by atoms with van der Waals surface area (Å²) in [6.45, 7) is 5.08. The molecule has 1 saturated heterocycles. The molecule has 0 bridgehead atoms. The van der Waals surface area contributed by atoms with Gasteiger partial charge in [-0.2, -0.15) is 0 Å². The molecule has 100 valence electrons. The average molecular weight is 269 g/mol. The number of nitrogen functional groups attached to an aromatic ring is 1. The molecular weight excluding hydrogens is 248 g/mol. The Bertz CT molecular complexity index is 424. The van der Waals surface area contributed by atoms with Crippen LogP contribution in [0.3, 0.4) is 0 Å². The summed E-state index contributed by atoms with van der Waals surface area (Å²) in [6.07, 6.45) is 2.29. The Hall–Kier alpha value is -0.770. The van der Waals surface area contributed by atoms with Gasteiger partial charge in [-0.3, -0.25) is 4.90 Å². The lowest BCUT2D eigenvalue weighted by Crippen LogP contribution is -2.46. The second-order valence-electron chi connectivity index (χ2n) is 5.31. The molecule has 0 radical (unpaired) electrons. The van der Waals surface area contributed by atoms with E-state index >= 15 is 0 Å². The molecule has 0 aliphatic carbocycles. The molecule has 2 N–H and O–H groups in total. The van der Waals surface area contributed by atoms with Crippen molar-refractivity contribution in [3.8, 4) is 0 Å². The number of hydrogen-bond acceptors (Lipinski definition) is 3. The van der Waals surface area contributed by atoms with Gasteiger partial charge >= 0.3 is 0 Å². The van der Waals surface area contributed by atoms with Crippen molar-refractivity contribution in [2.45, 2.75) is 31.9 Å². The van der Waals surface area contributed by atoms with Crippen molar-refractivity contribution in [3.63, 3.8) is 0 Å². The summed E-state index contributed by atoms with van der Waals surface area (Å²) in [5, 5.41) is 0.691. The first-order valence-corrected chi connectivity index (χ1v) is 6.72. The van der Waals surface area contributed by atoms with E-state index in [1.54, 1.807) is 7.11 Å². The van der Waals surface area contributed by atoms with Crippen LogP contribution in [0.5, 0.6) is 0 Å². The molecule has 1 aliphatic heterocycles. The molecule has 1 fully saturated rings. The largest absolute Gasteiger partial charge is 0.398 e. The molecule has 3 nitrogen and oxygen atoms in total. The molecule has 1 aliphatic rings. The van der Waals surface area contributed by atoms with E-state index in [1.807, 2.05) is 18.2 Å². The second kappa shape index (κ2) is 5.47. The summed E-state index contributed by atoms with van der Waals surface area (Å²) in [4.78, 5) is 2.40. The maximum absolute atomic E-state index is 6.00. The van der Waals surface area contributed by atoms with Gasteiger partial charge in [-0.1, -0.05) is 17.7 Å². The van der Waals surface area contributed by atoms with Crippen molar-refractivity contribution >= 4 is 17.3 Å². The minimum atomic E-state index is -0.0283. The van der Waals surface area contributed by atoms with Crippen molar-refractivity contribution in [1.82, 2.24) is 4.90 Å². The van der Waals surface area contributed by atoms with Crippen LogP contribution in [-0.2, 0) is 11.3 Å². The lowest BCUT2D eigenvalue weighted by atomic mass is 9.94. The van der Waals surface area contributed by atoms with Crippen LogP contribution < -0.4 is 5.73 Å². The highest BCUT2D eigenvalue weighted by atomic mass is 35.5. The van der Waals surface area contributed by atoms with Crippen molar-refractivity contribution in [3.05, 3.63) is 28.8 Å². The highest BCUT2D eigenvalue weighted by Crippen LogP contribution is 2.26. The Morgan fingerprint density at radius 1 is 1.50 bits per heavy atom. The summed E-state index contributed by atoms with van der Waals surface area (Å²) < 4.78 is 5.60. The van der Waals surface area contributed by atoms with Gasteiger partial charge in [-0.15, -0.1) is 0 Å². The molecule has 1 aromatic rings. The predicted octanol–water partition coefficient (Wildman–Crippen LogP) is 2.92. The molecule has 1 unspecified atom stereocenters. The maximum atomic E-state index is 6.00. The molecule has 4 heteroatoms. The zero-order chi connectivity index (χ0) is 13.2. The van der Waals surface area contributed by atoms with Gasteiger partial charge in [0.15, 0.2) is 0 Å². The molecule has 18 heavy (non-hydrogen) atoms. The fourth-order valence-corrected chi connectivity index (χ4v) is 2.74. The van der Waals surface area contributed by atoms with E-state index in [9.17, 15) is 0 Å². The van der Waals surface area contributed by atoms with Crippen LogP contribution in [0.4, 0.5) is 5.69 Å². The summed E-state index contributed by atoms with van der Waals surface area (Å²) in [5.41, 5.74) is 7.88. The van der Waals surface area contributed by atoms with Gasteiger partial charge in [0.1, 0.15) is 0 Å². The average Bonchev–Trinajstić information content (AvgIpc) is 2.33. The van der Waals surface area contributed by atoms with Crippen LogP contribution >= 0.6 is 11.6 Å². The van der Waals surface area contributed by atoms with E-state index in [0.717, 1.165) is 43.7 Å². The molecule has 0 spiro atoms. The van der Waals surface area contributed by atoms with Gasteiger partial charge in [0.25, 0.3) is 0 Å². The fraction of sp³-hybridized carbons (Fsp3) is 0.571. The zero-order valence-corrected chi connectivity index (χ0v) is 11.8. The van der Waals surface area contributed by atoms with E-state index in [1.165, 1.54) is 0 Å². The van der Waals surface area contributed by atoms with Crippen molar-refractivity contribution in [1.29, 1.82) is 0 Å². The summed E-state index contributed by atoms with van der Waals surface area (Å²) >= 11 is 5.91. The third kappa shape index (κ3) is 3.16. The maximum Gasteiger partial charge on any atom is 0.0777 e. The first-order chi connectivity index (χ1) is 8.52. The van der Waals surface area contributed by atoms with Crippen LogP contribution in [0, 0.1) is 0 Å². The van der Waals surface area contributed by atoms with Crippen molar-refractivity contribution in [2.24, 2.45) is 0 Å². The van der Waals surface area contributed by atoms with Gasteiger partial charge in [-0.05, 0) is 44.0 Å². The Kier molecular flexibility index (Phi) is 4.15. The topological polar surface area (TPSA) is 38.5 Å². The summed E-state index contributed by atoms with van der Waals surface area (Å²) in [5.74, 6) is 0. The zero-order valence-electron chi connectivity index (χ0n) is 11.1. The van der Waals surface area contributed by atoms with Crippen LogP contribution in [0.25, 0.3) is 0 Å². The Morgan fingerprint density at radius 2 is 2.28 bits per heavy atom. The molecule has 1 heterocycles. The molecule has 0 aromatic heterocycles. The van der Waals surface area contributed by atoms with Crippen molar-refractivity contribution < 1.29 is 4.74 Å². The quantitative estimate of drug-likeness (QED) is 0.857. The third-order valence-corrected chi connectivity index (χ3v) is 3.97. The summed E-state index contributed by atoms with van der Waals surface area (Å²) in [6, 6.07) is 5.72.